The number of amides is 1. The third kappa shape index (κ3) is 5.62. The Bertz CT molecular complexity index is 836. The van der Waals surface area contributed by atoms with Crippen molar-refractivity contribution in [2.24, 2.45) is 0 Å². The van der Waals surface area contributed by atoms with Gasteiger partial charge in [0.15, 0.2) is 0 Å². The van der Waals surface area contributed by atoms with E-state index in [4.69, 9.17) is 0 Å². The number of benzene rings is 1. The maximum atomic E-state index is 13.1. The SMILES string of the molecule is O=C(CSc1cc(N2CCN(c3ccc(F)cc3)CC2)ncn1)NC1CCCCC1. The number of hydrogen-bond acceptors (Lipinski definition) is 6. The second kappa shape index (κ2) is 10.1. The highest BCUT2D eigenvalue weighted by Gasteiger charge is 2.20. The number of carbonyl (C=O) groups is 1. The second-order valence-corrected chi connectivity index (χ2v) is 8.85. The molecule has 0 spiro atoms. The second-order valence-electron chi connectivity index (χ2n) is 7.86. The third-order valence-corrected chi connectivity index (χ3v) is 6.67. The Kier molecular flexibility index (Phi) is 7.04. The summed E-state index contributed by atoms with van der Waals surface area (Å²) in [6.07, 6.45) is 7.46. The number of aromatic nitrogens is 2. The number of halogens is 1. The van der Waals surface area contributed by atoms with Gasteiger partial charge >= 0.3 is 0 Å². The molecule has 2 heterocycles. The third-order valence-electron chi connectivity index (χ3n) is 5.74. The molecule has 1 aliphatic carbocycles. The van der Waals surface area contributed by atoms with Gasteiger partial charge in [-0.3, -0.25) is 4.79 Å². The average Bonchev–Trinajstić information content (AvgIpc) is 2.79. The molecule has 0 bridgehead atoms. The predicted octanol–water partition coefficient (Wildman–Crippen LogP) is 3.48. The highest BCUT2D eigenvalue weighted by molar-refractivity contribution is 7.99. The lowest BCUT2D eigenvalue weighted by molar-refractivity contribution is -0.119. The van der Waals surface area contributed by atoms with Crippen LogP contribution in [0, 0.1) is 5.82 Å². The highest BCUT2D eigenvalue weighted by Crippen LogP contribution is 2.23. The molecule has 2 fully saturated rings. The van der Waals surface area contributed by atoms with E-state index in [0.29, 0.717) is 11.8 Å². The largest absolute Gasteiger partial charge is 0.368 e. The van der Waals surface area contributed by atoms with Crippen molar-refractivity contribution in [3.05, 3.63) is 42.5 Å². The standard InChI is InChI=1S/C22H28FN5OS/c23-17-6-8-19(9-7-17)27-10-12-28(13-11-27)20-14-22(25-16-24-20)30-15-21(29)26-18-4-2-1-3-5-18/h6-9,14,16,18H,1-5,10-13,15H2,(H,26,29). The first-order valence-corrected chi connectivity index (χ1v) is 11.7. The Balaban J connectivity index is 1.27. The fourth-order valence-corrected chi connectivity index (χ4v) is 4.76. The van der Waals surface area contributed by atoms with Gasteiger partial charge < -0.3 is 15.1 Å². The summed E-state index contributed by atoms with van der Waals surface area (Å²) in [5.74, 6) is 1.14. The molecule has 1 saturated carbocycles. The van der Waals surface area contributed by atoms with Crippen molar-refractivity contribution in [3.8, 4) is 0 Å². The first-order chi connectivity index (χ1) is 14.7. The molecule has 1 aromatic carbocycles. The van der Waals surface area contributed by atoms with Gasteiger partial charge in [-0.25, -0.2) is 14.4 Å². The van der Waals surface area contributed by atoms with Crippen molar-refractivity contribution in [3.63, 3.8) is 0 Å². The molecule has 0 unspecified atom stereocenters. The molecule has 2 aliphatic rings. The fourth-order valence-electron chi connectivity index (χ4n) is 4.08. The smallest absolute Gasteiger partial charge is 0.230 e. The van der Waals surface area contributed by atoms with Crippen LogP contribution in [0.4, 0.5) is 15.9 Å². The van der Waals surface area contributed by atoms with Crippen LogP contribution in [-0.4, -0.2) is 53.8 Å². The number of nitrogens with zero attached hydrogens (tertiary/aromatic N) is 4. The minimum atomic E-state index is -0.212. The topological polar surface area (TPSA) is 61.4 Å². The van der Waals surface area contributed by atoms with E-state index in [9.17, 15) is 9.18 Å². The summed E-state index contributed by atoms with van der Waals surface area (Å²) in [5.41, 5.74) is 1.04. The summed E-state index contributed by atoms with van der Waals surface area (Å²) < 4.78 is 13.1. The number of thioether (sulfide) groups is 1. The molecular formula is C22H28FN5OS. The van der Waals surface area contributed by atoms with Crippen molar-refractivity contribution in [2.75, 3.05) is 41.7 Å². The van der Waals surface area contributed by atoms with Crippen LogP contribution < -0.4 is 15.1 Å². The van der Waals surface area contributed by atoms with E-state index in [2.05, 4.69) is 25.1 Å². The minimum absolute atomic E-state index is 0.0833. The van der Waals surface area contributed by atoms with Gasteiger partial charge in [0.1, 0.15) is 23.0 Å². The van der Waals surface area contributed by atoms with Crippen LogP contribution in [-0.2, 0) is 4.79 Å². The Morgan fingerprint density at radius 3 is 2.47 bits per heavy atom. The van der Waals surface area contributed by atoms with E-state index in [1.807, 2.05) is 18.2 Å². The zero-order valence-electron chi connectivity index (χ0n) is 17.1. The van der Waals surface area contributed by atoms with Crippen molar-refractivity contribution >= 4 is 29.2 Å². The fraction of sp³-hybridized carbons (Fsp3) is 0.500. The van der Waals surface area contributed by atoms with Gasteiger partial charge in [-0.2, -0.15) is 0 Å². The summed E-state index contributed by atoms with van der Waals surface area (Å²) >= 11 is 1.46. The molecule has 1 amide bonds. The van der Waals surface area contributed by atoms with E-state index in [-0.39, 0.29) is 11.7 Å². The predicted molar refractivity (Wildman–Crippen MR) is 119 cm³/mol. The highest BCUT2D eigenvalue weighted by atomic mass is 32.2. The molecule has 1 N–H and O–H groups in total. The summed E-state index contributed by atoms with van der Waals surface area (Å²) in [5, 5.41) is 3.97. The molecule has 1 aliphatic heterocycles. The van der Waals surface area contributed by atoms with E-state index in [0.717, 1.165) is 55.6 Å². The number of rotatable bonds is 6. The van der Waals surface area contributed by atoms with Crippen LogP contribution in [0.1, 0.15) is 32.1 Å². The lowest BCUT2D eigenvalue weighted by Gasteiger charge is -2.36. The molecule has 160 valence electrons. The van der Waals surface area contributed by atoms with Gasteiger partial charge in [-0.15, -0.1) is 0 Å². The van der Waals surface area contributed by atoms with Crippen molar-refractivity contribution in [1.29, 1.82) is 0 Å². The van der Waals surface area contributed by atoms with Crippen molar-refractivity contribution < 1.29 is 9.18 Å². The molecular weight excluding hydrogens is 401 g/mol. The van der Waals surface area contributed by atoms with Crippen LogP contribution in [0.15, 0.2) is 41.7 Å². The van der Waals surface area contributed by atoms with E-state index >= 15 is 0 Å². The van der Waals surface area contributed by atoms with Gasteiger partial charge in [0.2, 0.25) is 5.91 Å². The first-order valence-electron chi connectivity index (χ1n) is 10.7. The van der Waals surface area contributed by atoms with E-state index < -0.39 is 0 Å². The number of carbonyl (C=O) groups excluding carboxylic acids is 1. The number of anilines is 2. The molecule has 1 saturated heterocycles. The molecule has 8 heteroatoms. The van der Waals surface area contributed by atoms with Crippen LogP contribution in [0.3, 0.4) is 0 Å². The maximum Gasteiger partial charge on any atom is 0.230 e. The summed E-state index contributed by atoms with van der Waals surface area (Å²) in [4.78, 5) is 25.5. The number of hydrogen-bond donors (Lipinski definition) is 1. The molecule has 0 atom stereocenters. The lowest BCUT2D eigenvalue weighted by atomic mass is 9.95. The first kappa shape index (κ1) is 20.9. The normalized spacial score (nSPS) is 17.8. The van der Waals surface area contributed by atoms with Gasteiger partial charge in [-0.1, -0.05) is 31.0 Å². The van der Waals surface area contributed by atoms with Gasteiger partial charge in [0.05, 0.1) is 5.75 Å². The lowest BCUT2D eigenvalue weighted by Crippen LogP contribution is -2.46. The maximum absolute atomic E-state index is 13.1. The van der Waals surface area contributed by atoms with Crippen molar-refractivity contribution in [2.45, 2.75) is 43.2 Å². The molecule has 0 radical (unpaired) electrons. The summed E-state index contributed by atoms with van der Waals surface area (Å²) in [6.45, 7) is 3.37. The van der Waals surface area contributed by atoms with Crippen LogP contribution in [0.25, 0.3) is 0 Å². The van der Waals surface area contributed by atoms with Gasteiger partial charge in [0, 0.05) is 44.0 Å². The van der Waals surface area contributed by atoms with Crippen LogP contribution in [0.5, 0.6) is 0 Å². The summed E-state index contributed by atoms with van der Waals surface area (Å²) in [7, 11) is 0. The quantitative estimate of drug-likeness (QED) is 0.560. The van der Waals surface area contributed by atoms with Crippen LogP contribution >= 0.6 is 11.8 Å². The van der Waals surface area contributed by atoms with Gasteiger partial charge in [0.25, 0.3) is 0 Å². The Morgan fingerprint density at radius 2 is 1.73 bits per heavy atom. The monoisotopic (exact) mass is 429 g/mol. The molecule has 30 heavy (non-hydrogen) atoms. The van der Waals surface area contributed by atoms with Crippen LogP contribution in [0.2, 0.25) is 0 Å². The molecule has 1 aromatic heterocycles. The van der Waals surface area contributed by atoms with Gasteiger partial charge in [-0.05, 0) is 37.1 Å². The molecule has 2 aromatic rings. The number of nitrogens with one attached hydrogen (secondary N) is 1. The van der Waals surface area contributed by atoms with E-state index in [1.165, 1.54) is 43.2 Å². The van der Waals surface area contributed by atoms with E-state index in [1.54, 1.807) is 6.33 Å². The Labute approximate surface area is 181 Å². The summed E-state index contributed by atoms with van der Waals surface area (Å²) in [6, 6.07) is 8.95. The van der Waals surface area contributed by atoms with Crippen molar-refractivity contribution in [1.82, 2.24) is 15.3 Å². The average molecular weight is 430 g/mol. The zero-order valence-corrected chi connectivity index (χ0v) is 17.9. The number of piperazine rings is 1. The Hall–Kier alpha value is -2.35. The minimum Gasteiger partial charge on any atom is -0.368 e. The zero-order chi connectivity index (χ0) is 20.8. The molecule has 4 rings (SSSR count). The Morgan fingerprint density at radius 1 is 1.03 bits per heavy atom. The molecule has 6 nitrogen and oxygen atoms in total.